The van der Waals surface area contributed by atoms with E-state index in [2.05, 4.69) is 5.32 Å². The Morgan fingerprint density at radius 1 is 1.28 bits per heavy atom. The highest BCUT2D eigenvalue weighted by molar-refractivity contribution is 8.77. The van der Waals surface area contributed by atoms with Crippen LogP contribution in [0.15, 0.2) is 29.2 Å². The molecule has 3 rings (SSSR count). The van der Waals surface area contributed by atoms with E-state index in [1.54, 1.807) is 18.2 Å². The number of hydrogen-bond acceptors (Lipinski definition) is 6. The first-order valence-electron chi connectivity index (χ1n) is 9.59. The Hall–Kier alpha value is -1.45. The van der Waals surface area contributed by atoms with E-state index in [0.29, 0.717) is 6.42 Å². The van der Waals surface area contributed by atoms with Crippen molar-refractivity contribution >= 4 is 56.5 Å². The van der Waals surface area contributed by atoms with Gasteiger partial charge in [-0.1, -0.05) is 46.2 Å². The van der Waals surface area contributed by atoms with Gasteiger partial charge in [0.2, 0.25) is 5.91 Å². The van der Waals surface area contributed by atoms with E-state index in [4.69, 9.17) is 0 Å². The molecule has 2 saturated heterocycles. The molecule has 29 heavy (non-hydrogen) atoms. The van der Waals surface area contributed by atoms with Crippen molar-refractivity contribution in [3.8, 4) is 0 Å². The highest BCUT2D eigenvalue weighted by atomic mass is 33.1. The van der Waals surface area contributed by atoms with E-state index in [-0.39, 0.29) is 29.5 Å². The third-order valence-electron chi connectivity index (χ3n) is 4.63. The first-order valence-corrected chi connectivity index (χ1v) is 12.8. The molecule has 0 aliphatic carbocycles. The number of rotatable bonds is 9. The molecule has 1 unspecified atom stereocenters. The number of unbranched alkanes of at least 4 members (excludes halogenated alkanes) is 1. The number of benzene rings is 1. The van der Waals surface area contributed by atoms with Gasteiger partial charge in [0.15, 0.2) is 0 Å². The van der Waals surface area contributed by atoms with Crippen LogP contribution in [-0.4, -0.2) is 46.0 Å². The van der Waals surface area contributed by atoms with Gasteiger partial charge in [0.1, 0.15) is 5.82 Å². The fourth-order valence-electron chi connectivity index (χ4n) is 3.04. The number of imide groups is 1. The molecule has 0 radical (unpaired) electrons. The molecule has 9 heteroatoms. The summed E-state index contributed by atoms with van der Waals surface area (Å²) in [4.78, 5) is 37.8. The van der Waals surface area contributed by atoms with Crippen molar-refractivity contribution in [2.75, 3.05) is 18.8 Å². The van der Waals surface area contributed by atoms with Crippen LogP contribution in [0.2, 0.25) is 0 Å². The largest absolute Gasteiger partial charge is 0.354 e. The second-order valence-electron chi connectivity index (χ2n) is 6.78. The lowest BCUT2D eigenvalue weighted by atomic mass is 10.1. The lowest BCUT2D eigenvalue weighted by Gasteiger charge is -2.13. The van der Waals surface area contributed by atoms with Crippen LogP contribution in [0.1, 0.15) is 37.7 Å². The van der Waals surface area contributed by atoms with Crippen LogP contribution < -0.4 is 5.32 Å². The van der Waals surface area contributed by atoms with Crippen LogP contribution in [0, 0.1) is 5.82 Å². The van der Waals surface area contributed by atoms with Crippen LogP contribution in [-0.2, 0) is 9.59 Å². The molecular weight excluding hydrogens is 431 g/mol. The molecule has 1 atom stereocenters. The van der Waals surface area contributed by atoms with Gasteiger partial charge in [0.25, 0.3) is 11.1 Å². The summed E-state index contributed by atoms with van der Waals surface area (Å²) in [6, 6.07) is 6.08. The SMILES string of the molecule is O=C(CCCCC1CCSS1)NCCN1C(=O)S/C(=C\c2ccccc2F)C1=O. The zero-order chi connectivity index (χ0) is 20.6. The predicted molar refractivity (Wildman–Crippen MR) is 119 cm³/mol. The van der Waals surface area contributed by atoms with E-state index in [1.807, 2.05) is 21.6 Å². The highest BCUT2D eigenvalue weighted by Crippen LogP contribution is 2.39. The van der Waals surface area contributed by atoms with Gasteiger partial charge in [-0.25, -0.2) is 4.39 Å². The number of nitrogens with zero attached hydrogens (tertiary/aromatic N) is 1. The third-order valence-corrected chi connectivity index (χ3v) is 8.54. The molecule has 2 aliphatic rings. The lowest BCUT2D eigenvalue weighted by Crippen LogP contribution is -2.37. The van der Waals surface area contributed by atoms with E-state index in [9.17, 15) is 18.8 Å². The predicted octanol–water partition coefficient (Wildman–Crippen LogP) is 4.69. The molecule has 1 N–H and O–H groups in total. The van der Waals surface area contributed by atoms with Crippen LogP contribution in [0.3, 0.4) is 0 Å². The average molecular weight is 455 g/mol. The molecule has 156 valence electrons. The zero-order valence-corrected chi connectivity index (χ0v) is 18.3. The van der Waals surface area contributed by atoms with Gasteiger partial charge in [0, 0.05) is 36.1 Å². The standard InChI is InChI=1S/C20H23FN2O3S3/c21-16-7-3-1-5-14(16)13-17-19(25)23(20(26)28-17)11-10-22-18(24)8-4-2-6-15-9-12-27-29-15/h1,3,5,7,13,15H,2,4,6,8-12H2,(H,22,24)/b17-13-. The number of hydrogen-bond donors (Lipinski definition) is 1. The lowest BCUT2D eigenvalue weighted by molar-refractivity contribution is -0.124. The van der Waals surface area contributed by atoms with Crippen LogP contribution >= 0.6 is 33.3 Å². The van der Waals surface area contributed by atoms with Crippen molar-refractivity contribution in [3.05, 3.63) is 40.6 Å². The average Bonchev–Trinajstić information content (AvgIpc) is 3.31. The molecule has 0 bridgehead atoms. The maximum atomic E-state index is 13.8. The summed E-state index contributed by atoms with van der Waals surface area (Å²) in [7, 11) is 3.87. The van der Waals surface area contributed by atoms with Gasteiger partial charge in [-0.2, -0.15) is 0 Å². The summed E-state index contributed by atoms with van der Waals surface area (Å²) < 4.78 is 13.8. The first kappa shape index (κ1) is 22.2. The Bertz CT molecular complexity index is 797. The number of thioether (sulfide) groups is 1. The van der Waals surface area contributed by atoms with Gasteiger partial charge in [-0.05, 0) is 43.2 Å². The van der Waals surface area contributed by atoms with E-state index < -0.39 is 17.0 Å². The monoisotopic (exact) mass is 454 g/mol. The molecule has 0 aromatic heterocycles. The molecule has 0 saturated carbocycles. The summed E-state index contributed by atoms with van der Waals surface area (Å²) in [5.74, 6) is 0.257. The molecule has 1 aromatic carbocycles. The molecule has 2 heterocycles. The van der Waals surface area contributed by atoms with E-state index >= 15 is 0 Å². The fourth-order valence-corrected chi connectivity index (χ4v) is 6.93. The Kier molecular flexibility index (Phi) is 8.50. The minimum atomic E-state index is -0.454. The third kappa shape index (κ3) is 6.52. The van der Waals surface area contributed by atoms with Crippen LogP contribution in [0.4, 0.5) is 9.18 Å². The van der Waals surface area contributed by atoms with Gasteiger partial charge in [-0.15, -0.1) is 0 Å². The fraction of sp³-hybridized carbons (Fsp3) is 0.450. The second-order valence-corrected chi connectivity index (χ2v) is 10.6. The Morgan fingerprint density at radius 2 is 2.10 bits per heavy atom. The van der Waals surface area contributed by atoms with Crippen molar-refractivity contribution in [1.82, 2.24) is 10.2 Å². The highest BCUT2D eigenvalue weighted by Gasteiger charge is 2.34. The number of carbonyl (C=O) groups is 3. The summed E-state index contributed by atoms with van der Waals surface area (Å²) in [6.07, 6.45) is 6.14. The summed E-state index contributed by atoms with van der Waals surface area (Å²) in [5.41, 5.74) is 0.265. The van der Waals surface area contributed by atoms with Crippen molar-refractivity contribution in [2.45, 2.75) is 37.4 Å². The minimum absolute atomic E-state index is 0.0627. The normalized spacial score (nSPS) is 20.7. The number of halogens is 1. The minimum Gasteiger partial charge on any atom is -0.354 e. The summed E-state index contributed by atoms with van der Waals surface area (Å²) in [5, 5.41) is 3.09. The van der Waals surface area contributed by atoms with Crippen molar-refractivity contribution in [3.63, 3.8) is 0 Å². The molecule has 1 aromatic rings. The molecule has 2 fully saturated rings. The maximum Gasteiger partial charge on any atom is 0.293 e. The number of amides is 3. The second kappa shape index (κ2) is 11.1. The number of carbonyl (C=O) groups excluding carboxylic acids is 3. The zero-order valence-electron chi connectivity index (χ0n) is 15.9. The summed E-state index contributed by atoms with van der Waals surface area (Å²) in [6.45, 7) is 0.333. The topological polar surface area (TPSA) is 66.5 Å². The van der Waals surface area contributed by atoms with Crippen molar-refractivity contribution < 1.29 is 18.8 Å². The molecule has 0 spiro atoms. The smallest absolute Gasteiger partial charge is 0.293 e. The van der Waals surface area contributed by atoms with Crippen LogP contribution in [0.25, 0.3) is 6.08 Å². The molecule has 3 amide bonds. The van der Waals surface area contributed by atoms with Gasteiger partial charge < -0.3 is 5.32 Å². The van der Waals surface area contributed by atoms with Gasteiger partial charge >= 0.3 is 0 Å². The van der Waals surface area contributed by atoms with Crippen LogP contribution in [0.5, 0.6) is 0 Å². The first-order chi connectivity index (χ1) is 14.0. The number of nitrogens with one attached hydrogen (secondary N) is 1. The van der Waals surface area contributed by atoms with E-state index in [1.165, 1.54) is 24.3 Å². The quantitative estimate of drug-likeness (QED) is 0.332. The van der Waals surface area contributed by atoms with Gasteiger partial charge in [0.05, 0.1) is 4.91 Å². The Labute approximate surface area is 182 Å². The van der Waals surface area contributed by atoms with Crippen molar-refractivity contribution in [2.24, 2.45) is 0 Å². The maximum absolute atomic E-state index is 13.8. The van der Waals surface area contributed by atoms with Gasteiger partial charge in [-0.3, -0.25) is 19.3 Å². The summed E-state index contributed by atoms with van der Waals surface area (Å²) >= 11 is 0.788. The van der Waals surface area contributed by atoms with E-state index in [0.717, 1.165) is 41.2 Å². The Morgan fingerprint density at radius 3 is 2.86 bits per heavy atom. The molecule has 5 nitrogen and oxygen atoms in total. The Balaban J connectivity index is 1.39. The molecule has 2 aliphatic heterocycles. The molecular formula is C20H23FN2O3S3. The van der Waals surface area contributed by atoms with Crippen molar-refractivity contribution in [1.29, 1.82) is 0 Å².